The third-order valence-electron chi connectivity index (χ3n) is 5.51. The molecule has 1 aliphatic heterocycles. The van der Waals surface area contributed by atoms with E-state index in [1.165, 1.54) is 13.2 Å². The first kappa shape index (κ1) is 19.4. The number of fused-ring (bicyclic) bond motifs is 1. The summed E-state index contributed by atoms with van der Waals surface area (Å²) in [6.07, 6.45) is 2.96. The first-order chi connectivity index (χ1) is 14.0. The summed E-state index contributed by atoms with van der Waals surface area (Å²) < 4.78 is 11.8. The van der Waals surface area contributed by atoms with Crippen LogP contribution in [0.4, 0.5) is 0 Å². The summed E-state index contributed by atoms with van der Waals surface area (Å²) in [5.74, 6) is 0.931. The maximum atomic E-state index is 13.1. The van der Waals surface area contributed by atoms with E-state index in [0.717, 1.165) is 41.8 Å². The second-order valence-corrected chi connectivity index (χ2v) is 7.56. The van der Waals surface area contributed by atoms with Crippen molar-refractivity contribution >= 4 is 16.5 Å². The molecule has 150 valence electrons. The Morgan fingerprint density at radius 2 is 1.97 bits per heavy atom. The Morgan fingerprint density at radius 1 is 1.21 bits per heavy atom. The first-order valence-electron chi connectivity index (χ1n) is 9.75. The van der Waals surface area contributed by atoms with Gasteiger partial charge in [0.05, 0.1) is 13.7 Å². The Balaban J connectivity index is 2.04. The molecule has 29 heavy (non-hydrogen) atoms. The zero-order valence-corrected chi connectivity index (χ0v) is 17.0. The molecule has 0 radical (unpaired) electrons. The van der Waals surface area contributed by atoms with Crippen molar-refractivity contribution in [1.82, 2.24) is 4.90 Å². The van der Waals surface area contributed by atoms with Crippen LogP contribution in [0.15, 0.2) is 51.7 Å². The molecule has 5 nitrogen and oxygen atoms in total. The highest BCUT2D eigenvalue weighted by Crippen LogP contribution is 2.37. The third kappa shape index (κ3) is 3.59. The fourth-order valence-corrected chi connectivity index (χ4v) is 3.85. The van der Waals surface area contributed by atoms with Gasteiger partial charge in [-0.15, -0.1) is 0 Å². The molecule has 5 heteroatoms. The molecular formula is C24H25NO4. The van der Waals surface area contributed by atoms with Crippen LogP contribution in [0.1, 0.15) is 23.1 Å². The van der Waals surface area contributed by atoms with Gasteiger partial charge >= 0.3 is 0 Å². The molecule has 3 aromatic rings. The number of nitrogens with zero attached hydrogens (tertiary/aromatic N) is 1. The van der Waals surface area contributed by atoms with E-state index in [-0.39, 0.29) is 12.0 Å². The number of aliphatic hydroxyl groups is 1. The molecule has 0 atom stereocenters. The van der Waals surface area contributed by atoms with Crippen molar-refractivity contribution < 1.29 is 14.3 Å². The topological polar surface area (TPSA) is 62.9 Å². The van der Waals surface area contributed by atoms with E-state index in [0.29, 0.717) is 28.0 Å². The molecule has 0 amide bonds. The van der Waals surface area contributed by atoms with Gasteiger partial charge in [-0.2, -0.15) is 0 Å². The summed E-state index contributed by atoms with van der Waals surface area (Å²) in [7, 11) is 3.60. The van der Waals surface area contributed by atoms with Gasteiger partial charge in [-0.05, 0) is 37.6 Å². The van der Waals surface area contributed by atoms with E-state index >= 15 is 0 Å². The average molecular weight is 391 g/mol. The van der Waals surface area contributed by atoms with E-state index in [4.69, 9.17) is 9.15 Å². The molecule has 0 saturated heterocycles. The number of hydrogen-bond donors (Lipinski definition) is 1. The Bertz CT molecular complexity index is 1140. The van der Waals surface area contributed by atoms with Gasteiger partial charge in [0.1, 0.15) is 22.5 Å². The van der Waals surface area contributed by atoms with Gasteiger partial charge < -0.3 is 19.2 Å². The van der Waals surface area contributed by atoms with Crippen LogP contribution in [0.3, 0.4) is 0 Å². The lowest BCUT2D eigenvalue weighted by Crippen LogP contribution is -2.24. The fraction of sp³-hybridized carbons (Fsp3) is 0.292. The molecular weight excluding hydrogens is 366 g/mol. The lowest BCUT2D eigenvalue weighted by Gasteiger charge is -2.24. The van der Waals surface area contributed by atoms with Crippen molar-refractivity contribution in [2.24, 2.45) is 0 Å². The largest absolute Gasteiger partial charge is 0.496 e. The molecule has 1 N–H and O–H groups in total. The van der Waals surface area contributed by atoms with Crippen molar-refractivity contribution in [2.75, 3.05) is 27.2 Å². The minimum Gasteiger partial charge on any atom is -0.496 e. The number of benzene rings is 2. The predicted octanol–water partition coefficient (Wildman–Crippen LogP) is 3.99. The molecule has 0 aliphatic carbocycles. The van der Waals surface area contributed by atoms with E-state index in [2.05, 4.69) is 18.0 Å². The Morgan fingerprint density at radius 3 is 2.59 bits per heavy atom. The van der Waals surface area contributed by atoms with Crippen LogP contribution in [0.2, 0.25) is 0 Å². The molecule has 4 rings (SSSR count). The minimum atomic E-state index is -0.159. The summed E-state index contributed by atoms with van der Waals surface area (Å²) in [5, 5.41) is 10.5. The Hall–Kier alpha value is -2.89. The zero-order chi connectivity index (χ0) is 20.5. The predicted molar refractivity (Wildman–Crippen MR) is 115 cm³/mol. The number of aryl methyl sites for hydroxylation is 1. The van der Waals surface area contributed by atoms with Crippen molar-refractivity contribution in [3.63, 3.8) is 0 Å². The lowest BCUT2D eigenvalue weighted by molar-refractivity contribution is 0.280. The van der Waals surface area contributed by atoms with Crippen LogP contribution in [0, 0.1) is 6.92 Å². The van der Waals surface area contributed by atoms with Crippen molar-refractivity contribution in [1.29, 1.82) is 0 Å². The monoisotopic (exact) mass is 391 g/mol. The average Bonchev–Trinajstić information content (AvgIpc) is 2.73. The maximum absolute atomic E-state index is 13.1. The summed E-state index contributed by atoms with van der Waals surface area (Å²) in [6, 6.07) is 11.1. The van der Waals surface area contributed by atoms with E-state index in [1.807, 2.05) is 31.2 Å². The van der Waals surface area contributed by atoms with E-state index < -0.39 is 0 Å². The molecule has 1 aromatic heterocycles. The summed E-state index contributed by atoms with van der Waals surface area (Å²) in [5.41, 5.74) is 4.90. The van der Waals surface area contributed by atoms with Crippen molar-refractivity contribution in [2.45, 2.75) is 20.0 Å². The standard InChI is InChI=1S/C24H25NO4/c1-15-4-6-16(7-5-15)20-13-19(27)23-21(28-3)12-18(14-26)22(24(23)29-20)17-8-10-25(2)11-9-17/h4-8,12-13,26H,9-11,14H2,1-3H3. The number of ether oxygens (including phenoxy) is 1. The molecule has 0 spiro atoms. The van der Waals surface area contributed by atoms with E-state index in [1.54, 1.807) is 6.07 Å². The SMILES string of the molecule is COc1cc(CO)c(C2=CCN(C)CC2)c2oc(-c3ccc(C)cc3)cc(=O)c12. The lowest BCUT2D eigenvalue weighted by atomic mass is 9.92. The zero-order valence-electron chi connectivity index (χ0n) is 17.0. The van der Waals surface area contributed by atoms with Crippen LogP contribution in [0.5, 0.6) is 5.75 Å². The Labute approximate surface area is 169 Å². The molecule has 0 saturated carbocycles. The van der Waals surface area contributed by atoms with E-state index in [9.17, 15) is 9.90 Å². The molecule has 2 aromatic carbocycles. The summed E-state index contributed by atoms with van der Waals surface area (Å²) in [6.45, 7) is 3.58. The van der Waals surface area contributed by atoms with Crippen LogP contribution >= 0.6 is 0 Å². The van der Waals surface area contributed by atoms with Gasteiger partial charge in [0, 0.05) is 30.3 Å². The number of rotatable bonds is 4. The first-order valence-corrected chi connectivity index (χ1v) is 9.75. The normalized spacial score (nSPS) is 14.8. The minimum absolute atomic E-state index is 0.155. The van der Waals surface area contributed by atoms with Crippen LogP contribution in [-0.2, 0) is 6.61 Å². The molecule has 0 fully saturated rings. The van der Waals surface area contributed by atoms with Crippen molar-refractivity contribution in [3.8, 4) is 17.1 Å². The molecule has 0 bridgehead atoms. The maximum Gasteiger partial charge on any atom is 0.197 e. The highest BCUT2D eigenvalue weighted by atomic mass is 16.5. The highest BCUT2D eigenvalue weighted by Gasteiger charge is 2.22. The fourth-order valence-electron chi connectivity index (χ4n) is 3.85. The number of methoxy groups -OCH3 is 1. The number of aliphatic hydroxyl groups excluding tert-OH is 1. The van der Waals surface area contributed by atoms with Gasteiger partial charge in [-0.3, -0.25) is 4.79 Å². The summed E-state index contributed by atoms with van der Waals surface area (Å²) >= 11 is 0. The van der Waals surface area contributed by atoms with Crippen LogP contribution in [0.25, 0.3) is 27.9 Å². The van der Waals surface area contributed by atoms with Gasteiger partial charge in [0.25, 0.3) is 0 Å². The van der Waals surface area contributed by atoms with Gasteiger partial charge in [-0.25, -0.2) is 0 Å². The van der Waals surface area contributed by atoms with Gasteiger partial charge in [0.15, 0.2) is 5.43 Å². The van der Waals surface area contributed by atoms with Crippen LogP contribution < -0.4 is 10.2 Å². The third-order valence-corrected chi connectivity index (χ3v) is 5.51. The highest BCUT2D eigenvalue weighted by molar-refractivity contribution is 5.96. The molecule has 1 aliphatic rings. The molecule has 2 heterocycles. The Kier molecular flexibility index (Phi) is 5.26. The van der Waals surface area contributed by atoms with Gasteiger partial charge in [0.2, 0.25) is 0 Å². The smallest absolute Gasteiger partial charge is 0.197 e. The second kappa shape index (κ2) is 7.85. The number of likely N-dealkylation sites (N-methyl/N-ethyl adjacent to an activating group) is 1. The van der Waals surface area contributed by atoms with Crippen molar-refractivity contribution in [3.05, 3.63) is 69.4 Å². The molecule has 0 unspecified atom stereocenters. The quantitative estimate of drug-likeness (QED) is 0.729. The van der Waals surface area contributed by atoms with Gasteiger partial charge in [-0.1, -0.05) is 35.9 Å². The second-order valence-electron chi connectivity index (χ2n) is 7.56. The van der Waals surface area contributed by atoms with Crippen LogP contribution in [-0.4, -0.2) is 37.3 Å². The number of hydrogen-bond acceptors (Lipinski definition) is 5. The summed E-state index contributed by atoms with van der Waals surface area (Å²) in [4.78, 5) is 15.3.